The van der Waals surface area contributed by atoms with E-state index in [0.717, 1.165) is 33.4 Å². The molecule has 5 nitrogen and oxygen atoms in total. The second-order valence-corrected chi connectivity index (χ2v) is 10.00. The lowest BCUT2D eigenvalue weighted by Gasteiger charge is -2.34. The number of rotatable bonds is 10. The van der Waals surface area contributed by atoms with Gasteiger partial charge in [0.25, 0.3) is 6.29 Å². The second kappa shape index (κ2) is 10.8. The Morgan fingerprint density at radius 3 is 1.68 bits per heavy atom. The quantitative estimate of drug-likeness (QED) is 0.167. The Morgan fingerprint density at radius 2 is 1.20 bits per heavy atom. The van der Waals surface area contributed by atoms with E-state index in [-0.39, 0.29) is 18.0 Å². The van der Waals surface area contributed by atoms with Crippen LogP contribution >= 0.6 is 0 Å². The van der Waals surface area contributed by atoms with Crippen LogP contribution in [0.5, 0.6) is 11.5 Å². The number of carbonyl (C=O) groups excluding carboxylic acids is 2. The van der Waals surface area contributed by atoms with Gasteiger partial charge in [-0.2, -0.15) is 0 Å². The number of ketones is 2. The molecule has 0 spiro atoms. The number of aliphatic hydroxyl groups excluding tert-OH is 1. The first-order chi connectivity index (χ1) is 19.2. The zero-order chi connectivity index (χ0) is 28.4. The molecule has 0 saturated heterocycles. The molecule has 4 aromatic carbocycles. The Labute approximate surface area is 234 Å². The van der Waals surface area contributed by atoms with Gasteiger partial charge in [0.05, 0.1) is 5.41 Å². The van der Waals surface area contributed by atoms with Gasteiger partial charge in [0.15, 0.2) is 12.4 Å². The van der Waals surface area contributed by atoms with Crippen molar-refractivity contribution in [3.63, 3.8) is 0 Å². The maximum absolute atomic E-state index is 12.1. The molecule has 0 heterocycles. The van der Waals surface area contributed by atoms with Crippen LogP contribution in [0.2, 0.25) is 0 Å². The number of Topliss-reactive ketones (excluding diaryl/α,β-unsaturated/α-hetero) is 2. The summed E-state index contributed by atoms with van der Waals surface area (Å²) in [6.07, 6.45) is -1.62. The van der Waals surface area contributed by atoms with Crippen molar-refractivity contribution < 1.29 is 24.2 Å². The molecule has 0 aliphatic heterocycles. The molecule has 5 heteroatoms. The van der Waals surface area contributed by atoms with E-state index in [1.807, 2.05) is 60.7 Å². The van der Waals surface area contributed by atoms with Gasteiger partial charge in [-0.05, 0) is 82.6 Å². The summed E-state index contributed by atoms with van der Waals surface area (Å²) in [5.41, 5.74) is 6.60. The van der Waals surface area contributed by atoms with Crippen LogP contribution in [0.3, 0.4) is 0 Å². The highest BCUT2D eigenvalue weighted by Gasteiger charge is 2.45. The minimum Gasteiger partial charge on any atom is -0.485 e. The highest BCUT2D eigenvalue weighted by Crippen LogP contribution is 2.56. The van der Waals surface area contributed by atoms with Crippen molar-refractivity contribution in [3.05, 3.63) is 144 Å². The SMILES string of the molecule is C=C(C)C(=O)COc1ccc(C2(c3ccc(OC(O)C(=O)C(=C)C)cc3)c3ccccc3-c3ccccc32)cc1. The first-order valence-corrected chi connectivity index (χ1v) is 13.0. The van der Waals surface area contributed by atoms with Crippen molar-refractivity contribution in [2.24, 2.45) is 0 Å². The van der Waals surface area contributed by atoms with Crippen molar-refractivity contribution in [2.75, 3.05) is 6.61 Å². The van der Waals surface area contributed by atoms with Crippen LogP contribution in [0.4, 0.5) is 0 Å². The summed E-state index contributed by atoms with van der Waals surface area (Å²) >= 11 is 0. The van der Waals surface area contributed by atoms with E-state index in [0.29, 0.717) is 17.1 Å². The largest absolute Gasteiger partial charge is 0.485 e. The molecular weight excluding hydrogens is 500 g/mol. The van der Waals surface area contributed by atoms with Crippen LogP contribution in [-0.2, 0) is 15.0 Å². The maximum atomic E-state index is 12.1. The molecule has 1 unspecified atom stereocenters. The second-order valence-electron chi connectivity index (χ2n) is 10.00. The summed E-state index contributed by atoms with van der Waals surface area (Å²) in [5, 5.41) is 10.2. The van der Waals surface area contributed by atoms with Crippen LogP contribution in [0.25, 0.3) is 11.1 Å². The molecule has 200 valence electrons. The van der Waals surface area contributed by atoms with Crippen LogP contribution < -0.4 is 9.47 Å². The van der Waals surface area contributed by atoms with Crippen LogP contribution in [0, 0.1) is 0 Å². The fraction of sp³-hybridized carbons (Fsp3) is 0.143. The fourth-order valence-electron chi connectivity index (χ4n) is 5.27. The van der Waals surface area contributed by atoms with Gasteiger partial charge < -0.3 is 14.6 Å². The van der Waals surface area contributed by atoms with E-state index >= 15 is 0 Å². The van der Waals surface area contributed by atoms with Gasteiger partial charge in [-0.1, -0.05) is 86.0 Å². The average Bonchev–Trinajstić information content (AvgIpc) is 3.27. The Hall–Kier alpha value is -4.74. The minimum absolute atomic E-state index is 0.0628. The summed E-state index contributed by atoms with van der Waals surface area (Å²) in [6, 6.07) is 32.0. The van der Waals surface area contributed by atoms with Gasteiger partial charge in [-0.15, -0.1) is 0 Å². The van der Waals surface area contributed by atoms with E-state index < -0.39 is 17.5 Å². The molecule has 1 atom stereocenters. The minimum atomic E-state index is -1.62. The van der Waals surface area contributed by atoms with Crippen molar-refractivity contribution in [3.8, 4) is 22.6 Å². The molecule has 0 saturated carbocycles. The highest BCUT2D eigenvalue weighted by atomic mass is 16.6. The van der Waals surface area contributed by atoms with E-state index in [4.69, 9.17) is 9.47 Å². The Kier molecular flexibility index (Phi) is 7.24. The molecule has 1 aliphatic carbocycles. The molecule has 4 aromatic rings. The van der Waals surface area contributed by atoms with Crippen molar-refractivity contribution in [1.29, 1.82) is 0 Å². The Bertz CT molecular complexity index is 1570. The smallest absolute Gasteiger partial charge is 0.261 e. The molecule has 40 heavy (non-hydrogen) atoms. The van der Waals surface area contributed by atoms with Crippen LogP contribution in [0.1, 0.15) is 36.1 Å². The van der Waals surface area contributed by atoms with Gasteiger partial charge in [-0.3, -0.25) is 9.59 Å². The number of ether oxygens (including phenoxy) is 2. The number of hydrogen-bond donors (Lipinski definition) is 1. The van der Waals surface area contributed by atoms with Crippen LogP contribution in [0.15, 0.2) is 121 Å². The molecule has 0 bridgehead atoms. The first kappa shape index (κ1) is 26.9. The molecule has 1 aliphatic rings. The third kappa shape index (κ3) is 4.65. The zero-order valence-corrected chi connectivity index (χ0v) is 22.5. The summed E-state index contributed by atoms with van der Waals surface area (Å²) in [7, 11) is 0. The predicted molar refractivity (Wildman–Crippen MR) is 156 cm³/mol. The maximum Gasteiger partial charge on any atom is 0.261 e. The first-order valence-electron chi connectivity index (χ1n) is 13.0. The van der Waals surface area contributed by atoms with Crippen molar-refractivity contribution in [1.82, 2.24) is 0 Å². The molecule has 0 aromatic heterocycles. The molecule has 0 radical (unpaired) electrons. The summed E-state index contributed by atoms with van der Waals surface area (Å²) in [6.45, 7) is 10.4. The number of hydrogen-bond acceptors (Lipinski definition) is 5. The normalized spacial score (nSPS) is 13.5. The topological polar surface area (TPSA) is 72.8 Å². The molecule has 1 N–H and O–H groups in total. The van der Waals surface area contributed by atoms with Gasteiger partial charge in [0.1, 0.15) is 11.5 Å². The van der Waals surface area contributed by atoms with E-state index in [1.54, 1.807) is 19.1 Å². The van der Waals surface area contributed by atoms with Gasteiger partial charge in [-0.25, -0.2) is 0 Å². The van der Waals surface area contributed by atoms with E-state index in [1.165, 1.54) is 6.92 Å². The molecular formula is C35H30O5. The summed E-state index contributed by atoms with van der Waals surface area (Å²) < 4.78 is 11.2. The lowest BCUT2D eigenvalue weighted by atomic mass is 9.68. The lowest BCUT2D eigenvalue weighted by Crippen LogP contribution is -2.29. The fourth-order valence-corrected chi connectivity index (χ4v) is 5.27. The van der Waals surface area contributed by atoms with Gasteiger partial charge in [0, 0.05) is 0 Å². The predicted octanol–water partition coefficient (Wildman–Crippen LogP) is 6.42. The van der Waals surface area contributed by atoms with E-state index in [9.17, 15) is 14.7 Å². The third-order valence-corrected chi connectivity index (χ3v) is 7.27. The van der Waals surface area contributed by atoms with E-state index in [2.05, 4.69) is 37.4 Å². The van der Waals surface area contributed by atoms with Gasteiger partial charge >= 0.3 is 0 Å². The standard InChI is InChI=1S/C35H30O5/c1-22(2)32(36)21-39-26-17-13-24(14-18-26)35(25-15-19-27(20-16-25)40-34(38)33(37)23(3)4)30-11-7-5-9-28(30)29-10-6-8-12-31(29)35/h5-20,34,38H,1,3,21H2,2,4H3. The molecule has 5 rings (SSSR count). The number of fused-ring (bicyclic) bond motifs is 3. The van der Waals surface area contributed by atoms with Crippen molar-refractivity contribution >= 4 is 11.6 Å². The Balaban J connectivity index is 1.60. The summed E-state index contributed by atoms with van der Waals surface area (Å²) in [4.78, 5) is 24.1. The number of carbonyl (C=O) groups is 2. The zero-order valence-electron chi connectivity index (χ0n) is 22.5. The number of benzene rings is 4. The molecule has 0 fully saturated rings. The molecule has 0 amide bonds. The van der Waals surface area contributed by atoms with Crippen molar-refractivity contribution in [2.45, 2.75) is 25.6 Å². The third-order valence-electron chi connectivity index (χ3n) is 7.27. The van der Waals surface area contributed by atoms with Gasteiger partial charge in [0.2, 0.25) is 5.78 Å². The summed E-state index contributed by atoms with van der Waals surface area (Å²) in [5.74, 6) is 0.252. The lowest BCUT2D eigenvalue weighted by molar-refractivity contribution is -0.136. The number of aliphatic hydroxyl groups is 1. The Morgan fingerprint density at radius 1 is 0.725 bits per heavy atom. The highest BCUT2D eigenvalue weighted by molar-refractivity contribution is 5.97. The average molecular weight is 531 g/mol. The monoisotopic (exact) mass is 530 g/mol. The van der Waals surface area contributed by atoms with Crippen LogP contribution in [-0.4, -0.2) is 29.6 Å².